The molecule has 0 saturated carbocycles. The third kappa shape index (κ3) is 2.40. The molecule has 1 rings (SSSR count). The van der Waals surface area contributed by atoms with Crippen molar-refractivity contribution in [1.29, 1.82) is 0 Å². The highest BCUT2D eigenvalue weighted by Crippen LogP contribution is 2.30. The summed E-state index contributed by atoms with van der Waals surface area (Å²) in [5, 5.41) is 10.3. The van der Waals surface area contributed by atoms with Gasteiger partial charge in [-0.2, -0.15) is 0 Å². The van der Waals surface area contributed by atoms with Gasteiger partial charge in [-0.05, 0) is 31.0 Å². The summed E-state index contributed by atoms with van der Waals surface area (Å²) in [7, 11) is 0. The maximum Gasteiger partial charge on any atom is 0.120 e. The van der Waals surface area contributed by atoms with Crippen LogP contribution in [0.15, 0.2) is 12.1 Å². The molecule has 0 aliphatic heterocycles. The van der Waals surface area contributed by atoms with Crippen molar-refractivity contribution in [1.82, 2.24) is 0 Å². The number of hydrogen-bond donors (Lipinski definition) is 2. The van der Waals surface area contributed by atoms with Crippen LogP contribution < -0.4 is 5.73 Å². The Morgan fingerprint density at radius 1 is 1.50 bits per heavy atom. The van der Waals surface area contributed by atoms with E-state index in [1.54, 1.807) is 12.1 Å². The fourth-order valence-electron chi connectivity index (χ4n) is 1.45. The first kappa shape index (κ1) is 11.3. The molecule has 78 valence electrons. The van der Waals surface area contributed by atoms with Gasteiger partial charge in [-0.15, -0.1) is 0 Å². The van der Waals surface area contributed by atoms with E-state index in [9.17, 15) is 5.11 Å². The van der Waals surface area contributed by atoms with Gasteiger partial charge in [0.1, 0.15) is 5.75 Å². The van der Waals surface area contributed by atoms with Crippen LogP contribution in [0, 0.1) is 6.92 Å². The van der Waals surface area contributed by atoms with Crippen molar-refractivity contribution in [3.8, 4) is 5.75 Å². The summed E-state index contributed by atoms with van der Waals surface area (Å²) in [6.07, 6.45) is 1.85. The Bertz CT molecular complexity index is 325. The van der Waals surface area contributed by atoms with Crippen LogP contribution in [0.5, 0.6) is 5.75 Å². The van der Waals surface area contributed by atoms with Crippen LogP contribution >= 0.6 is 11.6 Å². The second-order valence-electron chi connectivity index (χ2n) is 3.56. The fourth-order valence-corrected chi connectivity index (χ4v) is 1.62. The van der Waals surface area contributed by atoms with Crippen LogP contribution in [-0.2, 0) is 0 Å². The van der Waals surface area contributed by atoms with Crippen molar-refractivity contribution in [3.05, 3.63) is 28.3 Å². The number of benzene rings is 1. The van der Waals surface area contributed by atoms with E-state index >= 15 is 0 Å². The van der Waals surface area contributed by atoms with Crippen molar-refractivity contribution in [2.45, 2.75) is 32.7 Å². The Labute approximate surface area is 89.7 Å². The predicted octanol–water partition coefficient (Wildman–Crippen LogP) is 3.15. The number of aromatic hydroxyl groups is 1. The summed E-state index contributed by atoms with van der Waals surface area (Å²) in [6.45, 7) is 3.92. The normalized spacial score (nSPS) is 12.9. The number of nitrogens with two attached hydrogens (primary N) is 1. The van der Waals surface area contributed by atoms with E-state index in [2.05, 4.69) is 6.92 Å². The maximum atomic E-state index is 9.67. The van der Waals surface area contributed by atoms with E-state index in [0.29, 0.717) is 5.02 Å². The number of phenols is 1. The first-order valence-corrected chi connectivity index (χ1v) is 5.18. The maximum absolute atomic E-state index is 9.67. The number of phenolic OH excluding ortho intramolecular Hbond substituents is 1. The van der Waals surface area contributed by atoms with E-state index in [1.165, 1.54) is 0 Å². The molecular weight excluding hydrogens is 198 g/mol. The summed E-state index contributed by atoms with van der Waals surface area (Å²) in [6, 6.07) is 3.29. The van der Waals surface area contributed by atoms with Gasteiger partial charge in [-0.3, -0.25) is 0 Å². The van der Waals surface area contributed by atoms with Crippen molar-refractivity contribution in [2.24, 2.45) is 5.73 Å². The SMILES string of the molecule is CCCC(N)c1cc(Cl)c(C)cc1O. The Kier molecular flexibility index (Phi) is 3.78. The van der Waals surface area contributed by atoms with Gasteiger partial charge in [0.15, 0.2) is 0 Å². The van der Waals surface area contributed by atoms with Gasteiger partial charge in [0.25, 0.3) is 0 Å². The molecule has 0 bridgehead atoms. The molecule has 1 aromatic rings. The Morgan fingerprint density at radius 2 is 2.14 bits per heavy atom. The molecule has 1 unspecified atom stereocenters. The minimum Gasteiger partial charge on any atom is -0.508 e. The van der Waals surface area contributed by atoms with Gasteiger partial charge in [-0.25, -0.2) is 0 Å². The van der Waals surface area contributed by atoms with E-state index < -0.39 is 0 Å². The van der Waals surface area contributed by atoms with Crippen molar-refractivity contribution < 1.29 is 5.11 Å². The molecule has 0 aromatic heterocycles. The Morgan fingerprint density at radius 3 is 2.71 bits per heavy atom. The van der Waals surface area contributed by atoms with Crippen molar-refractivity contribution >= 4 is 11.6 Å². The zero-order chi connectivity index (χ0) is 10.7. The summed E-state index contributed by atoms with van der Waals surface area (Å²) < 4.78 is 0. The molecule has 0 spiro atoms. The average Bonchev–Trinajstić information content (AvgIpc) is 2.11. The summed E-state index contributed by atoms with van der Waals surface area (Å²) in [4.78, 5) is 0. The smallest absolute Gasteiger partial charge is 0.120 e. The minimum absolute atomic E-state index is 0.127. The lowest BCUT2D eigenvalue weighted by atomic mass is 10.0. The standard InChI is InChI=1S/C11H16ClNO/c1-3-4-10(13)8-6-9(12)7(2)5-11(8)14/h5-6,10,14H,3-4,13H2,1-2H3. The second-order valence-corrected chi connectivity index (χ2v) is 3.96. The van der Waals surface area contributed by atoms with Crippen LogP contribution in [0.2, 0.25) is 5.02 Å². The summed E-state index contributed by atoms with van der Waals surface area (Å²) >= 11 is 5.96. The van der Waals surface area contributed by atoms with E-state index in [1.807, 2.05) is 6.92 Å². The third-order valence-corrected chi connectivity index (χ3v) is 2.71. The number of hydrogen-bond acceptors (Lipinski definition) is 2. The molecule has 0 aliphatic rings. The van der Waals surface area contributed by atoms with Gasteiger partial charge < -0.3 is 10.8 Å². The zero-order valence-electron chi connectivity index (χ0n) is 8.55. The van der Waals surface area contributed by atoms with Gasteiger partial charge >= 0.3 is 0 Å². The van der Waals surface area contributed by atoms with E-state index in [-0.39, 0.29) is 11.8 Å². The molecule has 0 fully saturated rings. The van der Waals surface area contributed by atoms with Gasteiger partial charge in [0.2, 0.25) is 0 Å². The molecule has 14 heavy (non-hydrogen) atoms. The molecule has 0 saturated heterocycles. The van der Waals surface area contributed by atoms with Gasteiger partial charge in [-0.1, -0.05) is 24.9 Å². The van der Waals surface area contributed by atoms with Crippen LogP contribution in [-0.4, -0.2) is 5.11 Å². The third-order valence-electron chi connectivity index (χ3n) is 2.31. The predicted molar refractivity (Wildman–Crippen MR) is 59.7 cm³/mol. The van der Waals surface area contributed by atoms with Crippen LogP contribution in [0.1, 0.15) is 36.9 Å². The highest BCUT2D eigenvalue weighted by Gasteiger charge is 2.11. The molecule has 1 atom stereocenters. The lowest BCUT2D eigenvalue weighted by Crippen LogP contribution is -2.10. The average molecular weight is 214 g/mol. The zero-order valence-corrected chi connectivity index (χ0v) is 9.30. The minimum atomic E-state index is -0.127. The summed E-state index contributed by atoms with van der Waals surface area (Å²) in [5.41, 5.74) is 7.52. The van der Waals surface area contributed by atoms with Crippen molar-refractivity contribution in [2.75, 3.05) is 0 Å². The molecule has 0 amide bonds. The second kappa shape index (κ2) is 4.67. The fraction of sp³-hybridized carbons (Fsp3) is 0.455. The largest absolute Gasteiger partial charge is 0.508 e. The van der Waals surface area contributed by atoms with Gasteiger partial charge in [0.05, 0.1) is 0 Å². The van der Waals surface area contributed by atoms with E-state index in [4.69, 9.17) is 17.3 Å². The number of rotatable bonds is 3. The Balaban J connectivity index is 3.02. The topological polar surface area (TPSA) is 46.2 Å². The highest BCUT2D eigenvalue weighted by molar-refractivity contribution is 6.31. The number of halogens is 1. The molecule has 1 aromatic carbocycles. The first-order chi connectivity index (χ1) is 6.56. The molecule has 0 radical (unpaired) electrons. The summed E-state index contributed by atoms with van der Waals surface area (Å²) in [5.74, 6) is 0.243. The number of aryl methyl sites for hydroxylation is 1. The molecular formula is C11H16ClNO. The monoisotopic (exact) mass is 213 g/mol. The molecule has 2 nitrogen and oxygen atoms in total. The lowest BCUT2D eigenvalue weighted by molar-refractivity contribution is 0.457. The van der Waals surface area contributed by atoms with Gasteiger partial charge in [0, 0.05) is 16.6 Å². The molecule has 3 N–H and O–H groups in total. The molecule has 0 heterocycles. The van der Waals surface area contributed by atoms with E-state index in [0.717, 1.165) is 24.0 Å². The van der Waals surface area contributed by atoms with Crippen LogP contribution in [0.25, 0.3) is 0 Å². The quantitative estimate of drug-likeness (QED) is 0.810. The van der Waals surface area contributed by atoms with Crippen LogP contribution in [0.3, 0.4) is 0 Å². The lowest BCUT2D eigenvalue weighted by Gasteiger charge is -2.13. The molecule has 0 aliphatic carbocycles. The van der Waals surface area contributed by atoms with Crippen molar-refractivity contribution in [3.63, 3.8) is 0 Å². The first-order valence-electron chi connectivity index (χ1n) is 4.80. The van der Waals surface area contributed by atoms with Crippen LogP contribution in [0.4, 0.5) is 0 Å². The molecule has 3 heteroatoms. The Hall–Kier alpha value is -0.730. The highest BCUT2D eigenvalue weighted by atomic mass is 35.5.